The third-order valence-corrected chi connectivity index (χ3v) is 2.80. The average Bonchev–Trinajstić information content (AvgIpc) is 2.86. The van der Waals surface area contributed by atoms with E-state index >= 15 is 0 Å². The Morgan fingerprint density at radius 2 is 1.95 bits per heavy atom. The van der Waals surface area contributed by atoms with Crippen LogP contribution in [-0.2, 0) is 11.8 Å². The maximum Gasteiger partial charge on any atom is 0.305 e. The molecule has 2 rings (SSSR count). The molecule has 0 saturated heterocycles. The zero-order chi connectivity index (χ0) is 14.5. The van der Waals surface area contributed by atoms with E-state index in [2.05, 4.69) is 5.10 Å². The second-order valence-corrected chi connectivity index (χ2v) is 4.31. The van der Waals surface area contributed by atoms with Gasteiger partial charge >= 0.3 is 5.97 Å². The first-order valence-corrected chi connectivity index (χ1v) is 6.16. The lowest BCUT2D eigenvalue weighted by Crippen LogP contribution is -2.33. The Balaban J connectivity index is 2.26. The van der Waals surface area contributed by atoms with Gasteiger partial charge in [0.2, 0.25) is 0 Å². The number of aliphatic carboxylic acids is 1. The zero-order valence-electron chi connectivity index (χ0n) is 11.1. The van der Waals surface area contributed by atoms with Crippen molar-refractivity contribution in [1.82, 2.24) is 9.78 Å². The smallest absolute Gasteiger partial charge is 0.305 e. The molecule has 20 heavy (non-hydrogen) atoms. The number of hydrogen-bond donors (Lipinski definition) is 1. The predicted octanol–water partition coefficient (Wildman–Crippen LogP) is 1.54. The Kier molecular flexibility index (Phi) is 4.14. The molecular formula is C14H15N3O3. The van der Waals surface area contributed by atoms with E-state index in [1.54, 1.807) is 43.6 Å². The van der Waals surface area contributed by atoms with Crippen LogP contribution in [0.3, 0.4) is 0 Å². The van der Waals surface area contributed by atoms with E-state index in [9.17, 15) is 9.59 Å². The Bertz CT molecular complexity index is 607. The molecule has 1 heterocycles. The van der Waals surface area contributed by atoms with E-state index in [-0.39, 0.29) is 18.9 Å². The highest BCUT2D eigenvalue weighted by atomic mass is 16.4. The van der Waals surface area contributed by atoms with Gasteiger partial charge in [-0.25, -0.2) is 0 Å². The Hall–Kier alpha value is -2.63. The standard InChI is InChI=1S/C14H15N3O3/c1-16-9-7-12(15-16)14(20)17(10-8-13(18)19)11-5-3-2-4-6-11/h2-7,9H,8,10H2,1H3,(H,18,19). The van der Waals surface area contributed by atoms with Crippen LogP contribution in [0.1, 0.15) is 16.9 Å². The normalized spacial score (nSPS) is 10.2. The first kappa shape index (κ1) is 13.8. The van der Waals surface area contributed by atoms with Gasteiger partial charge in [0.05, 0.1) is 6.42 Å². The van der Waals surface area contributed by atoms with E-state index in [1.807, 2.05) is 6.07 Å². The monoisotopic (exact) mass is 273 g/mol. The Morgan fingerprint density at radius 1 is 1.25 bits per heavy atom. The number of carbonyl (C=O) groups is 2. The van der Waals surface area contributed by atoms with Crippen molar-refractivity contribution in [3.63, 3.8) is 0 Å². The molecule has 104 valence electrons. The minimum Gasteiger partial charge on any atom is -0.481 e. The number of anilines is 1. The van der Waals surface area contributed by atoms with Gasteiger partial charge in [-0.2, -0.15) is 5.10 Å². The summed E-state index contributed by atoms with van der Waals surface area (Å²) < 4.78 is 1.54. The maximum atomic E-state index is 12.4. The number of aryl methyl sites for hydroxylation is 1. The molecule has 0 saturated carbocycles. The van der Waals surface area contributed by atoms with Gasteiger partial charge in [-0.15, -0.1) is 0 Å². The van der Waals surface area contributed by atoms with Gasteiger partial charge < -0.3 is 10.0 Å². The number of nitrogens with zero attached hydrogens (tertiary/aromatic N) is 3. The molecule has 0 unspecified atom stereocenters. The fourth-order valence-electron chi connectivity index (χ4n) is 1.83. The summed E-state index contributed by atoms with van der Waals surface area (Å²) in [5.41, 5.74) is 0.950. The highest BCUT2D eigenvalue weighted by Crippen LogP contribution is 2.16. The van der Waals surface area contributed by atoms with E-state index in [0.29, 0.717) is 11.4 Å². The van der Waals surface area contributed by atoms with Crippen molar-refractivity contribution in [3.05, 3.63) is 48.3 Å². The summed E-state index contributed by atoms with van der Waals surface area (Å²) in [6.45, 7) is 0.106. The SMILES string of the molecule is Cn1ccc(C(=O)N(CCC(=O)O)c2ccccc2)n1. The van der Waals surface area contributed by atoms with Crippen molar-refractivity contribution in [2.45, 2.75) is 6.42 Å². The molecule has 6 heteroatoms. The number of carboxylic acids is 1. The summed E-state index contributed by atoms with van der Waals surface area (Å²) in [6.07, 6.45) is 1.56. The van der Waals surface area contributed by atoms with Crippen molar-refractivity contribution in [2.75, 3.05) is 11.4 Å². The molecule has 6 nitrogen and oxygen atoms in total. The average molecular weight is 273 g/mol. The maximum absolute atomic E-state index is 12.4. The lowest BCUT2D eigenvalue weighted by Gasteiger charge is -2.21. The van der Waals surface area contributed by atoms with Crippen LogP contribution in [0.25, 0.3) is 0 Å². The highest BCUT2D eigenvalue weighted by molar-refractivity contribution is 6.04. The number of benzene rings is 1. The van der Waals surface area contributed by atoms with Gasteiger partial charge in [0.25, 0.3) is 5.91 Å². The quantitative estimate of drug-likeness (QED) is 0.896. The van der Waals surface area contributed by atoms with E-state index < -0.39 is 5.97 Å². The van der Waals surface area contributed by atoms with Crippen LogP contribution in [0.5, 0.6) is 0 Å². The molecule has 1 aromatic carbocycles. The van der Waals surface area contributed by atoms with Crippen molar-refractivity contribution in [1.29, 1.82) is 0 Å². The van der Waals surface area contributed by atoms with Crippen LogP contribution in [0.4, 0.5) is 5.69 Å². The van der Waals surface area contributed by atoms with Crippen LogP contribution in [0, 0.1) is 0 Å². The molecule has 0 fully saturated rings. The number of hydrogen-bond acceptors (Lipinski definition) is 3. The van der Waals surface area contributed by atoms with E-state index in [1.165, 1.54) is 9.58 Å². The molecule has 0 spiro atoms. The highest BCUT2D eigenvalue weighted by Gasteiger charge is 2.20. The molecular weight excluding hydrogens is 258 g/mol. The summed E-state index contributed by atoms with van der Waals surface area (Å²) >= 11 is 0. The molecule has 1 aromatic heterocycles. The van der Waals surface area contributed by atoms with Crippen LogP contribution in [0.15, 0.2) is 42.6 Å². The molecule has 0 aliphatic rings. The number of carbonyl (C=O) groups excluding carboxylic acids is 1. The second kappa shape index (κ2) is 6.01. The molecule has 0 aliphatic heterocycles. The summed E-state index contributed by atoms with van der Waals surface area (Å²) in [6, 6.07) is 10.6. The molecule has 0 radical (unpaired) electrons. The topological polar surface area (TPSA) is 75.4 Å². The van der Waals surface area contributed by atoms with Gasteiger partial charge in [0.15, 0.2) is 5.69 Å². The zero-order valence-corrected chi connectivity index (χ0v) is 11.1. The van der Waals surface area contributed by atoms with Gasteiger partial charge in [0.1, 0.15) is 0 Å². The van der Waals surface area contributed by atoms with Gasteiger partial charge in [-0.3, -0.25) is 14.3 Å². The van der Waals surface area contributed by atoms with Crippen molar-refractivity contribution in [3.8, 4) is 0 Å². The summed E-state index contributed by atoms with van der Waals surface area (Å²) in [4.78, 5) is 24.6. The van der Waals surface area contributed by atoms with Gasteiger partial charge in [-0.05, 0) is 18.2 Å². The largest absolute Gasteiger partial charge is 0.481 e. The molecule has 0 atom stereocenters. The molecule has 0 bridgehead atoms. The van der Waals surface area contributed by atoms with Gasteiger partial charge in [-0.1, -0.05) is 18.2 Å². The molecule has 1 N–H and O–H groups in total. The van der Waals surface area contributed by atoms with Crippen LogP contribution >= 0.6 is 0 Å². The number of rotatable bonds is 5. The summed E-state index contributed by atoms with van der Waals surface area (Å²) in [5, 5.41) is 12.9. The fraction of sp³-hybridized carbons (Fsp3) is 0.214. The van der Waals surface area contributed by atoms with Gasteiger partial charge in [0, 0.05) is 25.5 Å². The minimum atomic E-state index is -0.945. The minimum absolute atomic E-state index is 0.106. The Morgan fingerprint density at radius 3 is 2.50 bits per heavy atom. The first-order valence-electron chi connectivity index (χ1n) is 6.16. The van der Waals surface area contributed by atoms with Crippen molar-refractivity contribution in [2.24, 2.45) is 7.05 Å². The van der Waals surface area contributed by atoms with E-state index in [4.69, 9.17) is 5.11 Å². The van der Waals surface area contributed by atoms with Crippen LogP contribution in [0.2, 0.25) is 0 Å². The fourth-order valence-corrected chi connectivity index (χ4v) is 1.83. The molecule has 0 aliphatic carbocycles. The van der Waals surface area contributed by atoms with E-state index in [0.717, 1.165) is 0 Å². The summed E-state index contributed by atoms with van der Waals surface area (Å²) in [5.74, 6) is -1.25. The molecule has 2 aromatic rings. The molecule has 1 amide bonds. The first-order chi connectivity index (χ1) is 9.58. The third-order valence-electron chi connectivity index (χ3n) is 2.80. The second-order valence-electron chi connectivity index (χ2n) is 4.31. The lowest BCUT2D eigenvalue weighted by molar-refractivity contribution is -0.136. The predicted molar refractivity (Wildman–Crippen MR) is 73.6 cm³/mol. The number of amides is 1. The van der Waals surface area contributed by atoms with Crippen molar-refractivity contribution >= 4 is 17.6 Å². The number of para-hydroxylation sites is 1. The summed E-state index contributed by atoms with van der Waals surface area (Å²) in [7, 11) is 1.72. The van der Waals surface area contributed by atoms with Crippen LogP contribution in [-0.4, -0.2) is 33.3 Å². The van der Waals surface area contributed by atoms with Crippen LogP contribution < -0.4 is 4.90 Å². The third kappa shape index (κ3) is 3.23. The number of carboxylic acid groups (broad SMARTS) is 1. The number of aromatic nitrogens is 2. The Labute approximate surface area is 116 Å². The van der Waals surface area contributed by atoms with Crippen molar-refractivity contribution < 1.29 is 14.7 Å². The lowest BCUT2D eigenvalue weighted by atomic mass is 10.2.